The lowest BCUT2D eigenvalue weighted by Crippen LogP contribution is -2.22. The first-order valence-corrected chi connectivity index (χ1v) is 7.80. The van der Waals surface area contributed by atoms with Crippen LogP contribution in [-0.4, -0.2) is 33.0 Å². The molecular formula is C19H19N3O2. The third kappa shape index (κ3) is 3.52. The number of carbonyl (C=O) groups is 1. The quantitative estimate of drug-likeness (QED) is 0.579. The molecule has 0 aliphatic carbocycles. The SMILES string of the molecule is CN(O)C(=O)CCc1cc(-c2ccccc2)n(-c2ccccc2)n1. The van der Waals surface area contributed by atoms with Gasteiger partial charge < -0.3 is 0 Å². The van der Waals surface area contributed by atoms with Gasteiger partial charge in [-0.2, -0.15) is 5.10 Å². The number of amides is 1. The molecule has 0 aliphatic heterocycles. The van der Waals surface area contributed by atoms with Gasteiger partial charge in [0.05, 0.1) is 17.1 Å². The predicted molar refractivity (Wildman–Crippen MR) is 91.9 cm³/mol. The summed E-state index contributed by atoms with van der Waals surface area (Å²) in [6.07, 6.45) is 0.691. The Hall–Kier alpha value is -2.92. The molecule has 3 rings (SSSR count). The number of nitrogens with zero attached hydrogens (tertiary/aromatic N) is 3. The Morgan fingerprint density at radius 1 is 1.08 bits per heavy atom. The summed E-state index contributed by atoms with van der Waals surface area (Å²) >= 11 is 0. The standard InChI is InChI=1S/C19H19N3O2/c1-21(24)19(23)13-12-16-14-18(15-8-4-2-5-9-15)22(20-16)17-10-6-3-7-11-17/h2-11,14,24H,12-13H2,1H3. The summed E-state index contributed by atoms with van der Waals surface area (Å²) in [7, 11) is 1.33. The van der Waals surface area contributed by atoms with Gasteiger partial charge in [-0.1, -0.05) is 48.5 Å². The van der Waals surface area contributed by atoms with Crippen molar-refractivity contribution in [1.29, 1.82) is 0 Å². The third-order valence-corrected chi connectivity index (χ3v) is 3.79. The van der Waals surface area contributed by atoms with E-state index in [0.29, 0.717) is 11.5 Å². The third-order valence-electron chi connectivity index (χ3n) is 3.79. The number of hydroxylamine groups is 2. The van der Waals surface area contributed by atoms with E-state index >= 15 is 0 Å². The molecule has 1 aromatic heterocycles. The van der Waals surface area contributed by atoms with Crippen molar-refractivity contribution in [2.24, 2.45) is 0 Å². The first-order chi connectivity index (χ1) is 11.6. The second-order valence-corrected chi connectivity index (χ2v) is 5.55. The van der Waals surface area contributed by atoms with E-state index in [9.17, 15) is 10.0 Å². The molecule has 122 valence electrons. The van der Waals surface area contributed by atoms with E-state index in [-0.39, 0.29) is 12.3 Å². The minimum Gasteiger partial charge on any atom is -0.286 e. The summed E-state index contributed by atoms with van der Waals surface area (Å²) in [6.45, 7) is 0. The summed E-state index contributed by atoms with van der Waals surface area (Å²) in [5.41, 5.74) is 3.81. The topological polar surface area (TPSA) is 58.4 Å². The molecular weight excluding hydrogens is 302 g/mol. The van der Waals surface area contributed by atoms with Crippen LogP contribution in [0.15, 0.2) is 66.7 Å². The van der Waals surface area contributed by atoms with E-state index in [0.717, 1.165) is 22.6 Å². The first kappa shape index (κ1) is 16.0. The molecule has 0 fully saturated rings. The number of aromatic nitrogens is 2. The van der Waals surface area contributed by atoms with Crippen molar-refractivity contribution in [3.8, 4) is 16.9 Å². The summed E-state index contributed by atoms with van der Waals surface area (Å²) in [6, 6.07) is 21.9. The lowest BCUT2D eigenvalue weighted by atomic mass is 10.1. The lowest BCUT2D eigenvalue weighted by Gasteiger charge is -2.07. The van der Waals surface area contributed by atoms with Crippen molar-refractivity contribution in [1.82, 2.24) is 14.8 Å². The molecule has 0 saturated heterocycles. The molecule has 1 N–H and O–H groups in total. The number of aryl methyl sites for hydroxylation is 1. The number of hydrogen-bond acceptors (Lipinski definition) is 3. The molecule has 5 nitrogen and oxygen atoms in total. The number of rotatable bonds is 5. The molecule has 3 aromatic rings. The van der Waals surface area contributed by atoms with Crippen molar-refractivity contribution >= 4 is 5.91 Å². The van der Waals surface area contributed by atoms with Gasteiger partial charge in [0.25, 0.3) is 0 Å². The van der Waals surface area contributed by atoms with Gasteiger partial charge in [-0.15, -0.1) is 0 Å². The van der Waals surface area contributed by atoms with E-state index in [1.54, 1.807) is 0 Å². The smallest absolute Gasteiger partial charge is 0.246 e. The zero-order chi connectivity index (χ0) is 16.9. The minimum atomic E-state index is -0.328. The zero-order valence-electron chi connectivity index (χ0n) is 13.5. The number of carbonyl (C=O) groups excluding carboxylic acids is 1. The zero-order valence-corrected chi connectivity index (χ0v) is 13.5. The summed E-state index contributed by atoms with van der Waals surface area (Å²) in [5, 5.41) is 14.4. The van der Waals surface area contributed by atoms with Crippen molar-refractivity contribution in [3.63, 3.8) is 0 Å². The molecule has 1 heterocycles. The molecule has 1 amide bonds. The van der Waals surface area contributed by atoms with Crippen LogP contribution in [0.2, 0.25) is 0 Å². The molecule has 0 radical (unpaired) electrons. The van der Waals surface area contributed by atoms with Crippen molar-refractivity contribution in [3.05, 3.63) is 72.4 Å². The Balaban J connectivity index is 1.96. The largest absolute Gasteiger partial charge is 0.286 e. The van der Waals surface area contributed by atoms with Crippen molar-refractivity contribution in [2.75, 3.05) is 7.05 Å². The molecule has 0 bridgehead atoms. The van der Waals surface area contributed by atoms with Gasteiger partial charge in [0.2, 0.25) is 5.91 Å². The highest BCUT2D eigenvalue weighted by atomic mass is 16.5. The Kier molecular flexibility index (Phi) is 4.72. The van der Waals surface area contributed by atoms with Crippen LogP contribution in [0.3, 0.4) is 0 Å². The Labute approximate surface area is 140 Å². The van der Waals surface area contributed by atoms with Crippen LogP contribution in [0.25, 0.3) is 16.9 Å². The number of benzene rings is 2. The summed E-state index contributed by atoms with van der Waals surface area (Å²) < 4.78 is 1.89. The fourth-order valence-corrected chi connectivity index (χ4v) is 2.53. The van der Waals surface area contributed by atoms with Crippen LogP contribution in [-0.2, 0) is 11.2 Å². The van der Waals surface area contributed by atoms with Gasteiger partial charge in [0.1, 0.15) is 0 Å². The molecule has 0 saturated carbocycles. The highest BCUT2D eigenvalue weighted by molar-refractivity contribution is 5.74. The Morgan fingerprint density at radius 3 is 2.33 bits per heavy atom. The second-order valence-electron chi connectivity index (χ2n) is 5.55. The maximum absolute atomic E-state index is 11.6. The van der Waals surface area contributed by atoms with Crippen LogP contribution in [0.5, 0.6) is 0 Å². The first-order valence-electron chi connectivity index (χ1n) is 7.80. The van der Waals surface area contributed by atoms with Crippen molar-refractivity contribution < 1.29 is 10.0 Å². The number of para-hydroxylation sites is 1. The average Bonchev–Trinajstić information content (AvgIpc) is 3.05. The fraction of sp³-hybridized carbons (Fsp3) is 0.158. The Bertz CT molecular complexity index is 754. The number of hydrogen-bond donors (Lipinski definition) is 1. The van der Waals surface area contributed by atoms with Gasteiger partial charge in [-0.05, 0) is 18.2 Å². The van der Waals surface area contributed by atoms with Crippen LogP contribution >= 0.6 is 0 Å². The summed E-state index contributed by atoms with van der Waals surface area (Å²) in [4.78, 5) is 11.6. The van der Waals surface area contributed by atoms with Gasteiger partial charge in [-0.25, -0.2) is 9.75 Å². The van der Waals surface area contributed by atoms with Crippen LogP contribution in [0, 0.1) is 0 Å². The maximum atomic E-state index is 11.6. The van der Waals surface area contributed by atoms with Gasteiger partial charge >= 0.3 is 0 Å². The Morgan fingerprint density at radius 2 is 1.71 bits per heavy atom. The van der Waals surface area contributed by atoms with E-state index in [2.05, 4.69) is 5.10 Å². The van der Waals surface area contributed by atoms with E-state index in [1.807, 2.05) is 71.4 Å². The normalized spacial score (nSPS) is 10.6. The van der Waals surface area contributed by atoms with E-state index in [4.69, 9.17) is 0 Å². The summed E-state index contributed by atoms with van der Waals surface area (Å²) in [5.74, 6) is -0.328. The minimum absolute atomic E-state index is 0.215. The van der Waals surface area contributed by atoms with Gasteiger partial charge in [0, 0.05) is 25.5 Å². The highest BCUT2D eigenvalue weighted by Crippen LogP contribution is 2.24. The lowest BCUT2D eigenvalue weighted by molar-refractivity contribution is -0.159. The van der Waals surface area contributed by atoms with Crippen LogP contribution in [0.1, 0.15) is 12.1 Å². The molecule has 5 heteroatoms. The molecule has 0 atom stereocenters. The maximum Gasteiger partial charge on any atom is 0.246 e. The molecule has 0 spiro atoms. The van der Waals surface area contributed by atoms with Gasteiger partial charge in [-0.3, -0.25) is 10.0 Å². The predicted octanol–water partition coefficient (Wildman–Crippen LogP) is 3.32. The average molecular weight is 321 g/mol. The van der Waals surface area contributed by atoms with Crippen molar-refractivity contribution in [2.45, 2.75) is 12.8 Å². The van der Waals surface area contributed by atoms with Crippen LogP contribution < -0.4 is 0 Å². The highest BCUT2D eigenvalue weighted by Gasteiger charge is 2.13. The van der Waals surface area contributed by atoms with Crippen LogP contribution in [0.4, 0.5) is 0 Å². The molecule has 24 heavy (non-hydrogen) atoms. The monoisotopic (exact) mass is 321 g/mol. The fourth-order valence-electron chi connectivity index (χ4n) is 2.53. The molecule has 0 aliphatic rings. The van der Waals surface area contributed by atoms with E-state index < -0.39 is 0 Å². The molecule has 0 unspecified atom stereocenters. The van der Waals surface area contributed by atoms with E-state index in [1.165, 1.54) is 7.05 Å². The second kappa shape index (κ2) is 7.10. The van der Waals surface area contributed by atoms with Gasteiger partial charge in [0.15, 0.2) is 0 Å². The molecule has 2 aromatic carbocycles.